The second-order valence-corrected chi connectivity index (χ2v) is 6.03. The number of nitrogens with zero attached hydrogens (tertiary/aromatic N) is 1. The number of esters is 1. The van der Waals surface area contributed by atoms with E-state index in [9.17, 15) is 19.8 Å². The number of ether oxygens (including phenoxy) is 1. The summed E-state index contributed by atoms with van der Waals surface area (Å²) in [5, 5.41) is 19.3. The van der Waals surface area contributed by atoms with Crippen LogP contribution in [0.1, 0.15) is 31.3 Å². The SMILES string of the molecule is CC(C)(C)COC(=O)c1cc2ccc(O)cc2n1C(=O)O. The highest BCUT2D eigenvalue weighted by Gasteiger charge is 2.23. The number of fused-ring (bicyclic) bond motifs is 1. The van der Waals surface area contributed by atoms with Crippen LogP contribution >= 0.6 is 0 Å². The van der Waals surface area contributed by atoms with Gasteiger partial charge in [0.2, 0.25) is 0 Å². The summed E-state index contributed by atoms with van der Waals surface area (Å²) < 4.78 is 5.98. The highest BCUT2D eigenvalue weighted by atomic mass is 16.5. The quantitative estimate of drug-likeness (QED) is 0.830. The maximum absolute atomic E-state index is 12.1. The number of carbonyl (C=O) groups excluding carboxylic acids is 1. The van der Waals surface area contributed by atoms with E-state index in [2.05, 4.69) is 0 Å². The van der Waals surface area contributed by atoms with Gasteiger partial charge in [-0.05, 0) is 23.6 Å². The molecule has 0 aliphatic carbocycles. The van der Waals surface area contributed by atoms with Crippen LogP contribution in [-0.2, 0) is 4.74 Å². The predicted molar refractivity (Wildman–Crippen MR) is 76.8 cm³/mol. The number of aromatic hydroxyl groups is 1. The van der Waals surface area contributed by atoms with Gasteiger partial charge in [-0.3, -0.25) is 0 Å². The molecule has 1 heterocycles. The van der Waals surface area contributed by atoms with E-state index < -0.39 is 12.1 Å². The van der Waals surface area contributed by atoms with Crippen LogP contribution in [0.15, 0.2) is 24.3 Å². The zero-order valence-electron chi connectivity index (χ0n) is 12.1. The third kappa shape index (κ3) is 3.16. The molecule has 0 spiro atoms. The predicted octanol–water partition coefficient (Wildman–Crippen LogP) is 3.08. The number of aromatic nitrogens is 1. The van der Waals surface area contributed by atoms with Crippen LogP contribution in [0, 0.1) is 5.41 Å². The number of phenols is 1. The molecule has 6 heteroatoms. The molecule has 0 radical (unpaired) electrons. The second kappa shape index (κ2) is 5.12. The molecular formula is C15H17NO5. The molecule has 0 atom stereocenters. The van der Waals surface area contributed by atoms with Gasteiger partial charge in [0.25, 0.3) is 0 Å². The van der Waals surface area contributed by atoms with E-state index in [0.717, 1.165) is 4.57 Å². The molecule has 1 aromatic carbocycles. The molecule has 21 heavy (non-hydrogen) atoms. The monoisotopic (exact) mass is 291 g/mol. The number of hydrogen-bond acceptors (Lipinski definition) is 4. The van der Waals surface area contributed by atoms with Gasteiger partial charge in [0.05, 0.1) is 12.1 Å². The van der Waals surface area contributed by atoms with Crippen molar-refractivity contribution in [2.45, 2.75) is 20.8 Å². The lowest BCUT2D eigenvalue weighted by Crippen LogP contribution is -2.22. The minimum Gasteiger partial charge on any atom is -0.508 e. The third-order valence-corrected chi connectivity index (χ3v) is 2.82. The van der Waals surface area contributed by atoms with E-state index in [1.807, 2.05) is 20.8 Å². The standard InChI is InChI=1S/C15H17NO5/c1-15(2,3)8-21-13(18)12-6-9-4-5-10(17)7-11(9)16(12)14(19)20/h4-7,17H,8H2,1-3H3,(H,19,20). The summed E-state index contributed by atoms with van der Waals surface area (Å²) in [6, 6.07) is 5.71. The normalized spacial score (nSPS) is 11.6. The molecule has 0 aliphatic rings. The fraction of sp³-hybridized carbons (Fsp3) is 0.333. The van der Waals surface area contributed by atoms with Gasteiger partial charge in [-0.1, -0.05) is 20.8 Å². The van der Waals surface area contributed by atoms with Crippen molar-refractivity contribution in [3.05, 3.63) is 30.0 Å². The molecule has 2 rings (SSSR count). The van der Waals surface area contributed by atoms with Gasteiger partial charge in [-0.15, -0.1) is 0 Å². The molecule has 112 valence electrons. The maximum atomic E-state index is 12.1. The first-order valence-corrected chi connectivity index (χ1v) is 6.44. The number of carbonyl (C=O) groups is 2. The molecule has 2 N–H and O–H groups in total. The third-order valence-electron chi connectivity index (χ3n) is 2.82. The van der Waals surface area contributed by atoms with E-state index in [4.69, 9.17) is 4.74 Å². The lowest BCUT2D eigenvalue weighted by atomic mass is 9.99. The minimum atomic E-state index is -1.31. The van der Waals surface area contributed by atoms with Crippen molar-refractivity contribution in [2.75, 3.05) is 6.61 Å². The van der Waals surface area contributed by atoms with Crippen LogP contribution in [0.4, 0.5) is 4.79 Å². The Morgan fingerprint density at radius 1 is 1.24 bits per heavy atom. The number of hydrogen-bond donors (Lipinski definition) is 2. The van der Waals surface area contributed by atoms with Gasteiger partial charge in [0.15, 0.2) is 0 Å². The van der Waals surface area contributed by atoms with Crippen molar-refractivity contribution < 1.29 is 24.5 Å². The van der Waals surface area contributed by atoms with Crippen molar-refractivity contribution in [1.82, 2.24) is 4.57 Å². The average Bonchev–Trinajstić information content (AvgIpc) is 2.73. The molecular weight excluding hydrogens is 274 g/mol. The fourth-order valence-corrected chi connectivity index (χ4v) is 1.90. The lowest BCUT2D eigenvalue weighted by molar-refractivity contribution is 0.0355. The Kier molecular flexibility index (Phi) is 3.63. The summed E-state index contributed by atoms with van der Waals surface area (Å²) in [5.41, 5.74) is -0.0499. The Bertz CT molecular complexity index is 709. The van der Waals surface area contributed by atoms with Crippen LogP contribution in [0.2, 0.25) is 0 Å². The molecule has 0 saturated carbocycles. The first-order valence-electron chi connectivity index (χ1n) is 6.44. The van der Waals surface area contributed by atoms with E-state index >= 15 is 0 Å². The van der Waals surface area contributed by atoms with Crippen LogP contribution in [0.3, 0.4) is 0 Å². The zero-order chi connectivity index (χ0) is 15.8. The molecule has 0 amide bonds. The first-order chi connectivity index (χ1) is 9.69. The summed E-state index contributed by atoms with van der Waals surface area (Å²) in [7, 11) is 0. The molecule has 0 saturated heterocycles. The van der Waals surface area contributed by atoms with Crippen LogP contribution in [-0.4, -0.2) is 33.4 Å². The van der Waals surface area contributed by atoms with Gasteiger partial charge in [-0.2, -0.15) is 0 Å². The number of phenolic OH excluding ortho intramolecular Hbond substituents is 1. The topological polar surface area (TPSA) is 88.8 Å². The summed E-state index contributed by atoms with van der Waals surface area (Å²) >= 11 is 0. The Hall–Kier alpha value is -2.50. The fourth-order valence-electron chi connectivity index (χ4n) is 1.90. The van der Waals surface area contributed by atoms with Gasteiger partial charge in [0, 0.05) is 11.5 Å². The van der Waals surface area contributed by atoms with Gasteiger partial charge in [-0.25, -0.2) is 14.2 Å². The minimum absolute atomic E-state index is 0.0716. The average molecular weight is 291 g/mol. The molecule has 2 aromatic rings. The largest absolute Gasteiger partial charge is 0.508 e. The summed E-state index contributed by atoms with van der Waals surface area (Å²) in [4.78, 5) is 23.5. The Morgan fingerprint density at radius 2 is 1.90 bits per heavy atom. The highest BCUT2D eigenvalue weighted by molar-refractivity contribution is 6.01. The zero-order valence-corrected chi connectivity index (χ0v) is 12.1. The summed E-state index contributed by atoms with van der Waals surface area (Å²) in [6.07, 6.45) is -1.31. The van der Waals surface area contributed by atoms with E-state index in [0.29, 0.717) is 5.39 Å². The molecule has 0 fully saturated rings. The second-order valence-electron chi connectivity index (χ2n) is 6.03. The Labute approximate surface area is 121 Å². The Morgan fingerprint density at radius 3 is 2.48 bits per heavy atom. The van der Waals surface area contributed by atoms with Crippen molar-refractivity contribution in [1.29, 1.82) is 0 Å². The highest BCUT2D eigenvalue weighted by Crippen LogP contribution is 2.25. The summed E-state index contributed by atoms with van der Waals surface area (Å²) in [6.45, 7) is 5.90. The smallest absolute Gasteiger partial charge is 0.416 e. The Balaban J connectivity index is 2.46. The van der Waals surface area contributed by atoms with Gasteiger partial charge in [0.1, 0.15) is 11.4 Å². The lowest BCUT2D eigenvalue weighted by Gasteiger charge is -2.17. The molecule has 0 aliphatic heterocycles. The van der Waals surface area contributed by atoms with Crippen molar-refractivity contribution in [2.24, 2.45) is 5.41 Å². The number of benzene rings is 1. The van der Waals surface area contributed by atoms with Crippen LogP contribution in [0.5, 0.6) is 5.75 Å². The van der Waals surface area contributed by atoms with Gasteiger partial charge < -0.3 is 14.9 Å². The molecule has 0 unspecified atom stereocenters. The van der Waals surface area contributed by atoms with Crippen LogP contribution in [0.25, 0.3) is 10.9 Å². The van der Waals surface area contributed by atoms with E-state index in [-0.39, 0.29) is 29.0 Å². The van der Waals surface area contributed by atoms with Crippen LogP contribution < -0.4 is 0 Å². The number of rotatable bonds is 2. The molecule has 1 aromatic heterocycles. The van der Waals surface area contributed by atoms with Crippen molar-refractivity contribution in [3.8, 4) is 5.75 Å². The molecule has 0 bridgehead atoms. The maximum Gasteiger partial charge on any atom is 0.416 e. The van der Waals surface area contributed by atoms with E-state index in [1.54, 1.807) is 6.07 Å². The molecule has 6 nitrogen and oxygen atoms in total. The van der Waals surface area contributed by atoms with Gasteiger partial charge >= 0.3 is 12.1 Å². The first kappa shape index (κ1) is 14.9. The summed E-state index contributed by atoms with van der Waals surface area (Å²) in [5.74, 6) is -0.777. The van der Waals surface area contributed by atoms with E-state index in [1.165, 1.54) is 18.2 Å². The van der Waals surface area contributed by atoms with Crippen molar-refractivity contribution in [3.63, 3.8) is 0 Å². The van der Waals surface area contributed by atoms with Crippen molar-refractivity contribution >= 4 is 23.0 Å². The number of carboxylic acid groups (broad SMARTS) is 1.